The molecule has 1 fully saturated rings. The number of hydrogen-bond donors (Lipinski definition) is 0. The van der Waals surface area contributed by atoms with Crippen LogP contribution in [-0.2, 0) is 20.7 Å². The van der Waals surface area contributed by atoms with Crippen LogP contribution in [0.2, 0.25) is 0 Å². The van der Waals surface area contributed by atoms with Gasteiger partial charge in [-0.25, -0.2) is 4.39 Å². The Morgan fingerprint density at radius 3 is 2.81 bits per heavy atom. The fraction of sp³-hybridized carbons (Fsp3) is 0.458. The fourth-order valence-electron chi connectivity index (χ4n) is 4.54. The molecule has 168 valence electrons. The smallest absolute Gasteiger partial charge is 0.252 e. The Hall–Kier alpha value is -2.93. The van der Waals surface area contributed by atoms with Crippen molar-refractivity contribution in [3.8, 4) is 0 Å². The lowest BCUT2D eigenvalue weighted by Crippen LogP contribution is -2.51. The largest absolute Gasteiger partial charge is 0.375 e. The number of halogens is 1. The van der Waals surface area contributed by atoms with E-state index in [4.69, 9.17) is 15.0 Å². The van der Waals surface area contributed by atoms with Crippen molar-refractivity contribution in [1.82, 2.24) is 4.90 Å². The molecule has 1 amide bonds. The molecule has 2 aromatic rings. The number of nitrogens with zero attached hydrogens (tertiary/aromatic N) is 4. The third kappa shape index (κ3) is 4.63. The average Bonchev–Trinajstić information content (AvgIpc) is 2.83. The van der Waals surface area contributed by atoms with Crippen LogP contribution < -0.4 is 0 Å². The quantitative estimate of drug-likeness (QED) is 0.376. The van der Waals surface area contributed by atoms with Crippen LogP contribution in [0.5, 0.6) is 0 Å². The predicted molar refractivity (Wildman–Crippen MR) is 117 cm³/mol. The summed E-state index contributed by atoms with van der Waals surface area (Å²) >= 11 is 0. The Kier molecular flexibility index (Phi) is 7.05. The van der Waals surface area contributed by atoms with Gasteiger partial charge in [-0.1, -0.05) is 48.4 Å². The van der Waals surface area contributed by atoms with Crippen molar-refractivity contribution in [2.45, 2.75) is 50.5 Å². The fourth-order valence-corrected chi connectivity index (χ4v) is 4.54. The van der Waals surface area contributed by atoms with E-state index < -0.39 is 12.1 Å². The number of hydrogen-bond acceptors (Lipinski definition) is 4. The summed E-state index contributed by atoms with van der Waals surface area (Å²) in [6, 6.07) is 13.5. The highest BCUT2D eigenvalue weighted by Crippen LogP contribution is 2.36. The third-order valence-electron chi connectivity index (χ3n) is 6.11. The predicted octanol–water partition coefficient (Wildman–Crippen LogP) is 4.56. The zero-order valence-corrected chi connectivity index (χ0v) is 18.1. The van der Waals surface area contributed by atoms with E-state index in [2.05, 4.69) is 16.1 Å². The van der Waals surface area contributed by atoms with Crippen molar-refractivity contribution in [2.75, 3.05) is 19.8 Å². The molecule has 1 saturated heterocycles. The molecule has 0 unspecified atom stereocenters. The lowest BCUT2D eigenvalue weighted by atomic mass is 9.87. The molecular formula is C24H27FN4O3. The van der Waals surface area contributed by atoms with E-state index in [1.54, 1.807) is 17.0 Å². The maximum absolute atomic E-state index is 13.6. The second kappa shape index (κ2) is 10.1. The summed E-state index contributed by atoms with van der Waals surface area (Å²) in [5.41, 5.74) is 12.0. The molecule has 2 aromatic carbocycles. The highest BCUT2D eigenvalue weighted by Gasteiger charge is 2.40. The first kappa shape index (κ1) is 22.3. The lowest BCUT2D eigenvalue weighted by Gasteiger charge is -2.41. The number of rotatable bonds is 6. The van der Waals surface area contributed by atoms with Crippen LogP contribution in [0.1, 0.15) is 42.5 Å². The monoisotopic (exact) mass is 438 g/mol. The molecule has 0 spiro atoms. The van der Waals surface area contributed by atoms with Crippen LogP contribution in [0, 0.1) is 5.82 Å². The Balaban J connectivity index is 1.60. The van der Waals surface area contributed by atoms with Crippen molar-refractivity contribution in [3.05, 3.63) is 81.5 Å². The minimum atomic E-state index is -0.722. The average molecular weight is 439 g/mol. The van der Waals surface area contributed by atoms with Gasteiger partial charge < -0.3 is 14.4 Å². The summed E-state index contributed by atoms with van der Waals surface area (Å²) in [4.78, 5) is 18.4. The van der Waals surface area contributed by atoms with Gasteiger partial charge in [-0.05, 0) is 53.6 Å². The summed E-state index contributed by atoms with van der Waals surface area (Å²) in [6.07, 6.45) is 0.763. The minimum Gasteiger partial charge on any atom is -0.375 e. The number of ether oxygens (including phenoxy) is 2. The molecule has 4 atom stereocenters. The molecular weight excluding hydrogens is 411 g/mol. The number of carbonyl (C=O) groups is 1. The van der Waals surface area contributed by atoms with E-state index in [1.807, 2.05) is 25.1 Å². The van der Waals surface area contributed by atoms with E-state index in [1.165, 1.54) is 17.7 Å². The molecule has 7 nitrogen and oxygen atoms in total. The highest BCUT2D eigenvalue weighted by molar-refractivity contribution is 5.82. The first-order valence-corrected chi connectivity index (χ1v) is 11.0. The van der Waals surface area contributed by atoms with Gasteiger partial charge in [-0.3, -0.25) is 4.79 Å². The highest BCUT2D eigenvalue weighted by atomic mass is 19.1. The third-order valence-corrected chi connectivity index (χ3v) is 6.11. The number of benzene rings is 2. The van der Waals surface area contributed by atoms with Crippen LogP contribution in [0.4, 0.5) is 4.39 Å². The summed E-state index contributed by atoms with van der Waals surface area (Å²) in [7, 11) is 0. The summed E-state index contributed by atoms with van der Waals surface area (Å²) < 4.78 is 25.3. The van der Waals surface area contributed by atoms with Gasteiger partial charge in [-0.15, -0.1) is 0 Å². The second-order valence-corrected chi connectivity index (χ2v) is 8.17. The van der Waals surface area contributed by atoms with Crippen LogP contribution in [0.3, 0.4) is 0 Å². The molecule has 2 heterocycles. The molecule has 0 N–H and O–H groups in total. The molecule has 0 aliphatic carbocycles. The molecule has 8 heteroatoms. The van der Waals surface area contributed by atoms with Gasteiger partial charge in [0.15, 0.2) is 0 Å². The van der Waals surface area contributed by atoms with Gasteiger partial charge in [-0.2, -0.15) is 0 Å². The molecule has 0 saturated carbocycles. The Morgan fingerprint density at radius 1 is 1.28 bits per heavy atom. The zero-order valence-electron chi connectivity index (χ0n) is 18.1. The van der Waals surface area contributed by atoms with Gasteiger partial charge >= 0.3 is 0 Å². The molecule has 2 aliphatic rings. The Labute approximate surface area is 186 Å². The maximum Gasteiger partial charge on any atom is 0.252 e. The van der Waals surface area contributed by atoms with Crippen molar-refractivity contribution in [2.24, 2.45) is 5.11 Å². The van der Waals surface area contributed by atoms with Crippen LogP contribution >= 0.6 is 0 Å². The molecule has 2 aliphatic heterocycles. The summed E-state index contributed by atoms with van der Waals surface area (Å²) in [5.74, 6) is -0.470. The molecule has 0 aromatic heterocycles. The van der Waals surface area contributed by atoms with Crippen molar-refractivity contribution >= 4 is 5.91 Å². The topological polar surface area (TPSA) is 87.5 Å². The molecule has 0 radical (unpaired) electrons. The van der Waals surface area contributed by atoms with Gasteiger partial charge in [0, 0.05) is 18.1 Å². The van der Waals surface area contributed by atoms with Crippen molar-refractivity contribution < 1.29 is 18.7 Å². The van der Waals surface area contributed by atoms with E-state index in [0.717, 1.165) is 24.0 Å². The Morgan fingerprint density at radius 2 is 2.06 bits per heavy atom. The van der Waals surface area contributed by atoms with E-state index in [-0.39, 0.29) is 36.9 Å². The van der Waals surface area contributed by atoms with Crippen LogP contribution in [0.15, 0.2) is 53.6 Å². The summed E-state index contributed by atoms with van der Waals surface area (Å²) in [5, 5.41) is 3.88. The van der Waals surface area contributed by atoms with Gasteiger partial charge in [0.1, 0.15) is 11.9 Å². The van der Waals surface area contributed by atoms with Crippen LogP contribution in [0.25, 0.3) is 10.4 Å². The zero-order chi connectivity index (χ0) is 22.5. The second-order valence-electron chi connectivity index (χ2n) is 8.17. The van der Waals surface area contributed by atoms with Crippen molar-refractivity contribution in [1.29, 1.82) is 0 Å². The van der Waals surface area contributed by atoms with Crippen molar-refractivity contribution in [3.63, 3.8) is 0 Å². The molecule has 32 heavy (non-hydrogen) atoms. The molecule has 4 rings (SSSR count). The Bertz CT molecular complexity index is 993. The SMILES string of the molecule is CCCO[C@H]1CO[C@@H](C(=O)N2CCc3ccccc3[C@@H]2c2ccc(F)cc2)C[C@@H]1N=[N+]=[N-]. The normalized spacial score (nSPS) is 25.0. The van der Waals surface area contributed by atoms with E-state index in [9.17, 15) is 9.18 Å². The number of azide groups is 1. The first-order valence-electron chi connectivity index (χ1n) is 11.0. The minimum absolute atomic E-state index is 0.152. The molecule has 0 bridgehead atoms. The maximum atomic E-state index is 13.6. The number of fused-ring (bicyclic) bond motifs is 1. The van der Waals surface area contributed by atoms with E-state index in [0.29, 0.717) is 13.2 Å². The summed E-state index contributed by atoms with van der Waals surface area (Å²) in [6.45, 7) is 3.27. The lowest BCUT2D eigenvalue weighted by molar-refractivity contribution is -0.157. The van der Waals surface area contributed by atoms with Gasteiger partial charge in [0.05, 0.1) is 24.8 Å². The first-order chi connectivity index (χ1) is 15.6. The van der Waals surface area contributed by atoms with Gasteiger partial charge in [0.2, 0.25) is 0 Å². The van der Waals surface area contributed by atoms with Crippen LogP contribution in [-0.4, -0.2) is 48.8 Å². The number of carbonyl (C=O) groups excluding carboxylic acids is 1. The standard InChI is InChI=1S/C24H27FN4O3/c1-2-13-31-22-15-32-21(14-20(22)27-28-26)24(30)29-12-11-16-5-3-4-6-19(16)23(29)17-7-9-18(25)10-8-17/h3-10,20-23H,2,11-15H2,1H3/t20-,21+,22-,23-/m0/s1. The van der Waals surface area contributed by atoms with E-state index >= 15 is 0 Å². The number of amides is 1. The van der Waals surface area contributed by atoms with Gasteiger partial charge in [0.25, 0.3) is 5.91 Å².